The summed E-state index contributed by atoms with van der Waals surface area (Å²) in [6, 6.07) is 3.19. The van der Waals surface area contributed by atoms with E-state index in [4.69, 9.17) is 19.9 Å². The Hall–Kier alpha value is -5.48. The van der Waals surface area contributed by atoms with Crippen LogP contribution in [0.1, 0.15) is 65.9 Å². The number of nitrogens with one attached hydrogen (secondary N) is 5. The summed E-state index contributed by atoms with van der Waals surface area (Å²) < 4.78 is 15.6. The number of ether oxygens (including phenoxy) is 3. The SMILES string of the molecule is C=CCOC(=O)N[C@H]1CC(=O)O[C@H](C)[C@H](NC(=O)OCc2ccccc2)C(=O)NC[C@@H](C(=O)N[C@@H](CC(C)C)C(N)=O)CC(=O)[C@H](CC(C)C)NC1=O. The Bertz CT molecular complexity index is 1470. The molecule has 0 saturated carbocycles. The second-order valence-electron chi connectivity index (χ2n) is 13.6. The summed E-state index contributed by atoms with van der Waals surface area (Å²) in [4.78, 5) is 105. The minimum absolute atomic E-state index is 0.0408. The first-order chi connectivity index (χ1) is 25.0. The van der Waals surface area contributed by atoms with Gasteiger partial charge in [0.1, 0.15) is 37.4 Å². The maximum atomic E-state index is 13.8. The molecule has 53 heavy (non-hydrogen) atoms. The second-order valence-corrected chi connectivity index (χ2v) is 13.6. The van der Waals surface area contributed by atoms with Gasteiger partial charge in [-0.05, 0) is 37.2 Å². The topological polar surface area (TPSA) is 250 Å². The number of benzene rings is 1. The van der Waals surface area contributed by atoms with Crippen LogP contribution in [0.5, 0.6) is 0 Å². The van der Waals surface area contributed by atoms with Crippen LogP contribution in [0.4, 0.5) is 9.59 Å². The lowest BCUT2D eigenvalue weighted by molar-refractivity contribution is -0.152. The molecule has 6 amide bonds. The number of alkyl carbamates (subject to hydrolysis) is 2. The molecule has 1 aliphatic heterocycles. The maximum absolute atomic E-state index is 13.8. The van der Waals surface area contributed by atoms with E-state index in [-0.39, 0.29) is 37.9 Å². The van der Waals surface area contributed by atoms with Crippen molar-refractivity contribution in [3.8, 4) is 0 Å². The van der Waals surface area contributed by atoms with Gasteiger partial charge in [0.05, 0.1) is 18.4 Å². The van der Waals surface area contributed by atoms with E-state index in [9.17, 15) is 38.4 Å². The van der Waals surface area contributed by atoms with Gasteiger partial charge in [0, 0.05) is 13.0 Å². The summed E-state index contributed by atoms with van der Waals surface area (Å²) in [6.45, 7) is 11.1. The molecule has 0 bridgehead atoms. The maximum Gasteiger partial charge on any atom is 0.408 e. The summed E-state index contributed by atoms with van der Waals surface area (Å²) >= 11 is 0. The van der Waals surface area contributed by atoms with Gasteiger partial charge in [0.2, 0.25) is 23.6 Å². The third kappa shape index (κ3) is 15.7. The molecule has 0 aromatic heterocycles. The molecular weight excluding hydrogens is 692 g/mol. The molecule has 0 spiro atoms. The van der Waals surface area contributed by atoms with Crippen LogP contribution in [-0.2, 0) is 49.6 Å². The normalized spacial score (nSPS) is 22.1. The van der Waals surface area contributed by atoms with Gasteiger partial charge in [0.15, 0.2) is 5.78 Å². The predicted molar refractivity (Wildman–Crippen MR) is 190 cm³/mol. The van der Waals surface area contributed by atoms with Crippen molar-refractivity contribution in [3.63, 3.8) is 0 Å². The fourth-order valence-corrected chi connectivity index (χ4v) is 5.30. The van der Waals surface area contributed by atoms with Gasteiger partial charge in [-0.2, -0.15) is 0 Å². The largest absolute Gasteiger partial charge is 0.460 e. The van der Waals surface area contributed by atoms with Crippen molar-refractivity contribution < 1.29 is 52.6 Å². The summed E-state index contributed by atoms with van der Waals surface area (Å²) in [5.41, 5.74) is 6.19. The van der Waals surface area contributed by atoms with Crippen molar-refractivity contribution in [1.29, 1.82) is 0 Å². The molecule has 0 radical (unpaired) electrons. The van der Waals surface area contributed by atoms with E-state index in [1.54, 1.807) is 44.2 Å². The third-order valence-electron chi connectivity index (χ3n) is 7.99. The number of primary amides is 1. The Morgan fingerprint density at radius 1 is 0.962 bits per heavy atom. The molecule has 17 nitrogen and oxygen atoms in total. The zero-order chi connectivity index (χ0) is 39.7. The van der Waals surface area contributed by atoms with E-state index >= 15 is 0 Å². The summed E-state index contributed by atoms with van der Waals surface area (Å²) in [7, 11) is 0. The van der Waals surface area contributed by atoms with Crippen molar-refractivity contribution in [2.75, 3.05) is 13.2 Å². The molecule has 1 aromatic rings. The van der Waals surface area contributed by atoms with Crippen molar-refractivity contribution >= 4 is 47.6 Å². The Morgan fingerprint density at radius 2 is 1.62 bits per heavy atom. The van der Waals surface area contributed by atoms with Crippen molar-refractivity contribution in [3.05, 3.63) is 48.6 Å². The predicted octanol–water partition coefficient (Wildman–Crippen LogP) is 1.14. The van der Waals surface area contributed by atoms with E-state index in [0.29, 0.717) is 5.56 Å². The van der Waals surface area contributed by atoms with Gasteiger partial charge >= 0.3 is 18.2 Å². The average molecular weight is 745 g/mol. The number of cyclic esters (lactones) is 1. The van der Waals surface area contributed by atoms with Gasteiger partial charge in [-0.3, -0.25) is 28.8 Å². The quantitative estimate of drug-likeness (QED) is 0.0949. The molecule has 2 rings (SSSR count). The minimum Gasteiger partial charge on any atom is -0.460 e. The highest BCUT2D eigenvalue weighted by atomic mass is 16.6. The highest BCUT2D eigenvalue weighted by Gasteiger charge is 2.37. The van der Waals surface area contributed by atoms with E-state index in [1.165, 1.54) is 13.0 Å². The summed E-state index contributed by atoms with van der Waals surface area (Å²) in [5, 5.41) is 12.3. The smallest absolute Gasteiger partial charge is 0.408 e. The fraction of sp³-hybridized carbons (Fsp3) is 0.556. The van der Waals surface area contributed by atoms with Crippen LogP contribution >= 0.6 is 0 Å². The highest BCUT2D eigenvalue weighted by molar-refractivity contribution is 5.97. The van der Waals surface area contributed by atoms with E-state index in [1.807, 2.05) is 13.8 Å². The molecule has 1 heterocycles. The molecule has 1 saturated heterocycles. The monoisotopic (exact) mass is 744 g/mol. The molecule has 6 atom stereocenters. The van der Waals surface area contributed by atoms with E-state index < -0.39 is 103 Å². The number of esters is 1. The molecule has 7 N–H and O–H groups in total. The van der Waals surface area contributed by atoms with Crippen molar-refractivity contribution in [2.24, 2.45) is 23.5 Å². The Balaban J connectivity index is 2.52. The lowest BCUT2D eigenvalue weighted by Crippen LogP contribution is -2.55. The van der Waals surface area contributed by atoms with Crippen LogP contribution < -0.4 is 32.3 Å². The van der Waals surface area contributed by atoms with Gasteiger partial charge in [-0.1, -0.05) is 70.7 Å². The van der Waals surface area contributed by atoms with Gasteiger partial charge in [-0.15, -0.1) is 0 Å². The molecular formula is C36H52N6O11. The molecule has 17 heteroatoms. The summed E-state index contributed by atoms with van der Waals surface area (Å²) in [5.74, 6) is -6.57. The molecule has 1 aromatic carbocycles. The minimum atomic E-state index is -1.61. The van der Waals surface area contributed by atoms with Gasteiger partial charge in [-0.25, -0.2) is 9.59 Å². The van der Waals surface area contributed by atoms with E-state index in [2.05, 4.69) is 33.2 Å². The number of carbonyl (C=O) groups is 8. The molecule has 292 valence electrons. The van der Waals surface area contributed by atoms with Crippen LogP contribution in [0.3, 0.4) is 0 Å². The fourth-order valence-electron chi connectivity index (χ4n) is 5.30. The second kappa shape index (κ2) is 21.8. The zero-order valence-electron chi connectivity index (χ0n) is 30.8. The Morgan fingerprint density at radius 3 is 2.23 bits per heavy atom. The van der Waals surface area contributed by atoms with Crippen LogP contribution in [0, 0.1) is 17.8 Å². The number of ketones is 1. The third-order valence-corrected chi connectivity index (χ3v) is 7.99. The Labute approximate surface area is 308 Å². The average Bonchev–Trinajstić information content (AvgIpc) is 3.08. The molecule has 1 aliphatic rings. The van der Waals surface area contributed by atoms with Crippen LogP contribution in [0.25, 0.3) is 0 Å². The van der Waals surface area contributed by atoms with Gasteiger partial charge in [0.25, 0.3) is 0 Å². The number of nitrogens with two attached hydrogens (primary N) is 1. The van der Waals surface area contributed by atoms with Crippen LogP contribution in [0.15, 0.2) is 43.0 Å². The molecule has 1 fully saturated rings. The first kappa shape index (κ1) is 43.7. The number of carbonyl (C=O) groups excluding carboxylic acids is 8. The first-order valence-electron chi connectivity index (χ1n) is 17.4. The number of hydrogen-bond donors (Lipinski definition) is 6. The summed E-state index contributed by atoms with van der Waals surface area (Å²) in [6.07, 6.45) is -3.19. The number of Topliss-reactive ketones (excluding diaryl/α,β-unsaturated/α-hetero) is 1. The van der Waals surface area contributed by atoms with E-state index in [0.717, 1.165) is 0 Å². The van der Waals surface area contributed by atoms with Crippen LogP contribution in [0.2, 0.25) is 0 Å². The molecule has 0 unspecified atom stereocenters. The number of rotatable bonds is 13. The lowest BCUT2D eigenvalue weighted by Gasteiger charge is -2.26. The van der Waals surface area contributed by atoms with Crippen molar-refractivity contribution in [1.82, 2.24) is 26.6 Å². The lowest BCUT2D eigenvalue weighted by atomic mass is 9.92. The first-order valence-corrected chi connectivity index (χ1v) is 17.4. The Kier molecular flexibility index (Phi) is 18.0. The number of hydrogen-bond acceptors (Lipinski definition) is 11. The standard InChI is InChI=1S/C36H52N6O11/c1-7-13-51-35(49)41-27-17-29(44)53-22(6)30(42-36(50)52-19-23-11-9-8-10-12-23)34(48)38-18-24(32(46)40-26(31(37)45)15-21(4)5)16-28(43)25(14-20(2)3)39-33(27)47/h7-12,20-22,24-27,30H,1,13-19H2,2-6H3,(H2,37,45)(H,38,48)(H,39,47)(H,40,46)(H,41,49)(H,42,50)/t22-,24+,25+,26+,27+,30+/m1/s1. The van der Waals surface area contributed by atoms with Crippen LogP contribution in [-0.4, -0.2) is 91.0 Å². The number of amides is 6. The highest BCUT2D eigenvalue weighted by Crippen LogP contribution is 2.16. The zero-order valence-corrected chi connectivity index (χ0v) is 30.8. The van der Waals surface area contributed by atoms with Gasteiger partial charge < -0.3 is 46.5 Å². The van der Waals surface area contributed by atoms with Crippen molar-refractivity contribution in [2.45, 2.75) is 97.2 Å². The molecule has 0 aliphatic carbocycles.